The molecule has 0 aliphatic heterocycles. The summed E-state index contributed by atoms with van der Waals surface area (Å²) in [6, 6.07) is 7.79. The Kier molecular flexibility index (Phi) is 4.12. The average Bonchev–Trinajstić information content (AvgIpc) is 2.59. The van der Waals surface area contributed by atoms with E-state index in [1.807, 2.05) is 0 Å². The van der Waals surface area contributed by atoms with Crippen molar-refractivity contribution in [3.63, 3.8) is 0 Å². The molecule has 0 fully saturated rings. The summed E-state index contributed by atoms with van der Waals surface area (Å²) in [4.78, 5) is 16.2. The highest BCUT2D eigenvalue weighted by Gasteiger charge is 2.31. The Morgan fingerprint density at radius 3 is 2.12 bits per heavy atom. The molecule has 0 spiro atoms. The molecule has 0 aliphatic rings. The van der Waals surface area contributed by atoms with E-state index in [9.17, 15) is 26.7 Å². The normalized spacial score (nSPS) is 11.0. The third-order valence-corrected chi connectivity index (χ3v) is 3.44. The molecular weight excluding hydrogens is 345 g/mol. The number of para-hydroxylation sites is 1. The number of pyridine rings is 1. The lowest BCUT2D eigenvalue weighted by molar-refractivity contribution is 0.0723. The van der Waals surface area contributed by atoms with E-state index in [1.165, 1.54) is 12.1 Å². The van der Waals surface area contributed by atoms with Gasteiger partial charge in [0.05, 0.1) is 0 Å². The van der Waals surface area contributed by atoms with Gasteiger partial charge in [0.15, 0.2) is 29.0 Å². The first-order valence-electron chi connectivity index (χ1n) is 6.91. The standard InChI is InChI=1S/C17H8F5NO2/c1-7-5-6-8-3-2-4-9(16(8)23-7)25-17(24)10-11(18)13(20)15(22)14(21)12(10)19/h2-6H,1H3. The van der Waals surface area contributed by atoms with Crippen LogP contribution >= 0.6 is 0 Å². The van der Waals surface area contributed by atoms with E-state index in [1.54, 1.807) is 25.1 Å². The maximum Gasteiger partial charge on any atom is 0.349 e. The van der Waals surface area contributed by atoms with Crippen molar-refractivity contribution >= 4 is 16.9 Å². The van der Waals surface area contributed by atoms with Crippen molar-refractivity contribution < 1.29 is 31.5 Å². The zero-order chi connectivity index (χ0) is 18.3. The molecule has 8 heteroatoms. The van der Waals surface area contributed by atoms with Crippen molar-refractivity contribution in [2.45, 2.75) is 6.92 Å². The van der Waals surface area contributed by atoms with Crippen molar-refractivity contribution in [2.24, 2.45) is 0 Å². The Morgan fingerprint density at radius 2 is 1.48 bits per heavy atom. The molecule has 0 saturated heterocycles. The van der Waals surface area contributed by atoms with Crippen molar-refractivity contribution in [1.29, 1.82) is 0 Å². The molecule has 2 aromatic carbocycles. The maximum absolute atomic E-state index is 13.7. The van der Waals surface area contributed by atoms with Crippen LogP contribution < -0.4 is 4.74 Å². The van der Waals surface area contributed by atoms with E-state index in [0.717, 1.165) is 0 Å². The van der Waals surface area contributed by atoms with Crippen LogP contribution in [0.3, 0.4) is 0 Å². The highest BCUT2D eigenvalue weighted by Crippen LogP contribution is 2.27. The first kappa shape index (κ1) is 16.8. The van der Waals surface area contributed by atoms with Gasteiger partial charge in [-0.25, -0.2) is 31.7 Å². The molecule has 1 heterocycles. The maximum atomic E-state index is 13.7. The predicted molar refractivity (Wildman–Crippen MR) is 77.7 cm³/mol. The van der Waals surface area contributed by atoms with Crippen LogP contribution in [0.4, 0.5) is 22.0 Å². The van der Waals surface area contributed by atoms with Crippen LogP contribution in [0.2, 0.25) is 0 Å². The van der Waals surface area contributed by atoms with Gasteiger partial charge in [-0.3, -0.25) is 0 Å². The van der Waals surface area contributed by atoms with Crippen LogP contribution in [0.5, 0.6) is 5.75 Å². The topological polar surface area (TPSA) is 39.2 Å². The number of rotatable bonds is 2. The number of benzene rings is 2. The SMILES string of the molecule is Cc1ccc2cccc(OC(=O)c3c(F)c(F)c(F)c(F)c3F)c2n1. The van der Waals surface area contributed by atoms with Gasteiger partial charge >= 0.3 is 5.97 Å². The fourth-order valence-corrected chi connectivity index (χ4v) is 2.23. The minimum atomic E-state index is -2.35. The molecule has 3 nitrogen and oxygen atoms in total. The van der Waals surface area contributed by atoms with Crippen molar-refractivity contribution in [3.05, 3.63) is 70.7 Å². The number of fused-ring (bicyclic) bond motifs is 1. The largest absolute Gasteiger partial charge is 0.420 e. The molecule has 0 aliphatic carbocycles. The van der Waals surface area contributed by atoms with Gasteiger partial charge in [0.25, 0.3) is 0 Å². The minimum absolute atomic E-state index is 0.171. The second-order valence-electron chi connectivity index (χ2n) is 5.11. The molecule has 128 valence electrons. The molecule has 0 atom stereocenters. The second-order valence-corrected chi connectivity index (χ2v) is 5.11. The molecule has 3 aromatic rings. The third-order valence-electron chi connectivity index (χ3n) is 3.44. The Balaban J connectivity index is 2.09. The Bertz CT molecular complexity index is 991. The molecule has 0 saturated carbocycles. The summed E-state index contributed by atoms with van der Waals surface area (Å²) in [5.41, 5.74) is -0.881. The van der Waals surface area contributed by atoms with E-state index < -0.39 is 40.6 Å². The smallest absolute Gasteiger partial charge is 0.349 e. The van der Waals surface area contributed by atoms with Crippen molar-refractivity contribution in [3.8, 4) is 5.75 Å². The van der Waals surface area contributed by atoms with Crippen LogP contribution in [0.1, 0.15) is 16.1 Å². The highest BCUT2D eigenvalue weighted by atomic mass is 19.2. The van der Waals surface area contributed by atoms with Gasteiger partial charge in [0.2, 0.25) is 5.82 Å². The van der Waals surface area contributed by atoms with Crippen LogP contribution in [-0.2, 0) is 0 Å². The number of aryl methyl sites for hydroxylation is 1. The first-order valence-corrected chi connectivity index (χ1v) is 6.91. The Morgan fingerprint density at radius 1 is 0.880 bits per heavy atom. The summed E-state index contributed by atoms with van der Waals surface area (Å²) < 4.78 is 71.7. The van der Waals surface area contributed by atoms with Gasteiger partial charge < -0.3 is 4.74 Å². The lowest BCUT2D eigenvalue weighted by Gasteiger charge is -2.10. The predicted octanol–water partition coefficient (Wildman–Crippen LogP) is 4.46. The van der Waals surface area contributed by atoms with Crippen LogP contribution in [-0.4, -0.2) is 11.0 Å². The van der Waals surface area contributed by atoms with Gasteiger partial charge in [-0.2, -0.15) is 0 Å². The van der Waals surface area contributed by atoms with Gasteiger partial charge in [0, 0.05) is 11.1 Å². The zero-order valence-corrected chi connectivity index (χ0v) is 12.5. The van der Waals surface area contributed by atoms with E-state index in [4.69, 9.17) is 4.74 Å². The first-order chi connectivity index (χ1) is 11.8. The van der Waals surface area contributed by atoms with Gasteiger partial charge in [0.1, 0.15) is 11.1 Å². The number of hydrogen-bond acceptors (Lipinski definition) is 3. The van der Waals surface area contributed by atoms with Crippen molar-refractivity contribution in [2.75, 3.05) is 0 Å². The number of esters is 1. The number of carbonyl (C=O) groups is 1. The summed E-state index contributed by atoms with van der Waals surface area (Å²) in [6.45, 7) is 1.67. The molecule has 1 aromatic heterocycles. The molecule has 25 heavy (non-hydrogen) atoms. The Labute approximate surface area is 137 Å². The monoisotopic (exact) mass is 353 g/mol. The number of ether oxygens (including phenoxy) is 1. The van der Waals surface area contributed by atoms with Gasteiger partial charge in [-0.15, -0.1) is 0 Å². The third kappa shape index (κ3) is 2.79. The molecule has 0 N–H and O–H groups in total. The van der Waals surface area contributed by atoms with E-state index in [0.29, 0.717) is 11.1 Å². The average molecular weight is 353 g/mol. The summed E-state index contributed by atoms with van der Waals surface area (Å²) in [5, 5.41) is 0.563. The lowest BCUT2D eigenvalue weighted by atomic mass is 10.1. The lowest BCUT2D eigenvalue weighted by Crippen LogP contribution is -2.17. The van der Waals surface area contributed by atoms with E-state index in [2.05, 4.69) is 4.98 Å². The number of halogens is 5. The van der Waals surface area contributed by atoms with Gasteiger partial charge in [-0.05, 0) is 19.1 Å². The van der Waals surface area contributed by atoms with Crippen LogP contribution in [0.25, 0.3) is 10.9 Å². The number of carbonyl (C=O) groups excluding carboxylic acids is 1. The molecule has 0 amide bonds. The quantitative estimate of drug-likeness (QED) is 0.225. The van der Waals surface area contributed by atoms with Gasteiger partial charge in [-0.1, -0.05) is 18.2 Å². The number of nitrogens with zero attached hydrogens (tertiary/aromatic N) is 1. The minimum Gasteiger partial charge on any atom is -0.420 e. The summed E-state index contributed by atoms with van der Waals surface area (Å²) in [5.74, 6) is -13.2. The van der Waals surface area contributed by atoms with Crippen molar-refractivity contribution in [1.82, 2.24) is 4.98 Å². The zero-order valence-electron chi connectivity index (χ0n) is 12.5. The molecule has 0 radical (unpaired) electrons. The molecule has 0 bridgehead atoms. The summed E-state index contributed by atoms with van der Waals surface area (Å²) >= 11 is 0. The fourth-order valence-electron chi connectivity index (χ4n) is 2.23. The number of hydrogen-bond donors (Lipinski definition) is 0. The number of aromatic nitrogens is 1. The summed E-state index contributed by atoms with van der Waals surface area (Å²) in [7, 11) is 0. The van der Waals surface area contributed by atoms with Crippen LogP contribution in [0, 0.1) is 36.0 Å². The molecule has 0 unspecified atom stereocenters. The molecular formula is C17H8F5NO2. The highest BCUT2D eigenvalue weighted by molar-refractivity contribution is 5.94. The van der Waals surface area contributed by atoms with Crippen LogP contribution in [0.15, 0.2) is 30.3 Å². The fraction of sp³-hybridized carbons (Fsp3) is 0.0588. The molecule has 3 rings (SSSR count). The second kappa shape index (κ2) is 6.12. The Hall–Kier alpha value is -3.03. The summed E-state index contributed by atoms with van der Waals surface area (Å²) in [6.07, 6.45) is 0. The van der Waals surface area contributed by atoms with E-state index >= 15 is 0 Å². The van der Waals surface area contributed by atoms with E-state index in [-0.39, 0.29) is 11.3 Å².